The van der Waals surface area contributed by atoms with E-state index in [2.05, 4.69) is 10.9 Å². The minimum atomic E-state index is -0.664. The van der Waals surface area contributed by atoms with Crippen molar-refractivity contribution in [3.05, 3.63) is 59.7 Å². The summed E-state index contributed by atoms with van der Waals surface area (Å²) in [5.74, 6) is -1.03. The third kappa shape index (κ3) is 5.52. The number of hydrazine groups is 1. The van der Waals surface area contributed by atoms with Crippen molar-refractivity contribution < 1.29 is 23.9 Å². The molecule has 2 aromatic carbocycles. The summed E-state index contributed by atoms with van der Waals surface area (Å²) in [6.45, 7) is 1.20. The van der Waals surface area contributed by atoms with Crippen molar-refractivity contribution in [2.75, 3.05) is 13.2 Å². The minimum absolute atomic E-state index is 0.163. The van der Waals surface area contributed by atoms with Crippen molar-refractivity contribution in [1.29, 1.82) is 0 Å². The highest BCUT2D eigenvalue weighted by Crippen LogP contribution is 2.17. The number of hydrogen-bond donors (Lipinski definition) is 3. The fourth-order valence-corrected chi connectivity index (χ4v) is 2.01. The van der Waals surface area contributed by atoms with Crippen molar-refractivity contribution in [1.82, 2.24) is 10.9 Å². The van der Waals surface area contributed by atoms with Gasteiger partial charge in [-0.1, -0.05) is 30.3 Å². The zero-order valence-corrected chi connectivity index (χ0v) is 14.2. The first-order valence-electron chi connectivity index (χ1n) is 7.75. The largest absolute Gasteiger partial charge is 0.483 e. The molecule has 0 spiro atoms. The van der Waals surface area contributed by atoms with Crippen LogP contribution in [0.25, 0.3) is 0 Å². The van der Waals surface area contributed by atoms with Crippen LogP contribution in [-0.2, 0) is 9.59 Å². The summed E-state index contributed by atoms with van der Waals surface area (Å²) < 4.78 is 10.6. The average molecular weight is 357 g/mol. The highest BCUT2D eigenvalue weighted by atomic mass is 16.5. The number of ether oxygens (including phenoxy) is 2. The number of aryl methyl sites for hydroxylation is 1. The highest BCUT2D eigenvalue weighted by molar-refractivity contribution is 5.95. The van der Waals surface area contributed by atoms with Gasteiger partial charge in [-0.3, -0.25) is 25.2 Å². The second-order valence-electron chi connectivity index (χ2n) is 5.30. The Morgan fingerprint density at radius 3 is 1.92 bits per heavy atom. The molecule has 0 unspecified atom stereocenters. The summed E-state index contributed by atoms with van der Waals surface area (Å²) in [4.78, 5) is 34.7. The minimum Gasteiger partial charge on any atom is -0.483 e. The van der Waals surface area contributed by atoms with E-state index in [1.165, 1.54) is 12.1 Å². The zero-order valence-electron chi connectivity index (χ0n) is 14.2. The molecule has 0 fully saturated rings. The molecule has 26 heavy (non-hydrogen) atoms. The molecule has 136 valence electrons. The molecular weight excluding hydrogens is 338 g/mol. The Bertz CT molecular complexity index is 807. The number of rotatable bonds is 7. The molecular formula is C18H19N3O5. The SMILES string of the molecule is Cc1ccccc1OCC(=O)NNC(=O)COc1ccccc1C(N)=O. The van der Waals surface area contributed by atoms with Crippen LogP contribution in [0.5, 0.6) is 11.5 Å². The first-order chi connectivity index (χ1) is 12.5. The molecule has 0 aliphatic heterocycles. The van der Waals surface area contributed by atoms with Gasteiger partial charge in [0.05, 0.1) is 5.56 Å². The molecule has 0 atom stereocenters. The predicted molar refractivity (Wildman–Crippen MR) is 93.4 cm³/mol. The number of hydrogen-bond acceptors (Lipinski definition) is 5. The van der Waals surface area contributed by atoms with Crippen LogP contribution >= 0.6 is 0 Å². The summed E-state index contributed by atoms with van der Waals surface area (Å²) in [5, 5.41) is 0. The second-order valence-corrected chi connectivity index (χ2v) is 5.30. The van der Waals surface area contributed by atoms with E-state index in [9.17, 15) is 14.4 Å². The number of para-hydroxylation sites is 2. The maximum absolute atomic E-state index is 11.7. The van der Waals surface area contributed by atoms with Crippen LogP contribution in [0.1, 0.15) is 15.9 Å². The molecule has 0 aliphatic carbocycles. The molecule has 0 saturated carbocycles. The third-order valence-electron chi connectivity index (χ3n) is 3.30. The lowest BCUT2D eigenvalue weighted by atomic mass is 10.2. The van der Waals surface area contributed by atoms with E-state index in [-0.39, 0.29) is 17.9 Å². The molecule has 0 aromatic heterocycles. The quantitative estimate of drug-likeness (QED) is 0.630. The van der Waals surface area contributed by atoms with Gasteiger partial charge in [0.15, 0.2) is 13.2 Å². The van der Waals surface area contributed by atoms with Crippen molar-refractivity contribution in [2.45, 2.75) is 6.92 Å². The molecule has 0 radical (unpaired) electrons. The van der Waals surface area contributed by atoms with Crippen LogP contribution in [0, 0.1) is 6.92 Å². The first-order valence-corrected chi connectivity index (χ1v) is 7.75. The Kier molecular flexibility index (Phi) is 6.55. The van der Waals surface area contributed by atoms with Crippen molar-refractivity contribution in [3.8, 4) is 11.5 Å². The fourth-order valence-electron chi connectivity index (χ4n) is 2.01. The van der Waals surface area contributed by atoms with E-state index < -0.39 is 24.3 Å². The molecule has 2 rings (SSSR count). The number of benzene rings is 2. The smallest absolute Gasteiger partial charge is 0.276 e. The van der Waals surface area contributed by atoms with Gasteiger partial charge in [-0.25, -0.2) is 0 Å². The Hall–Kier alpha value is -3.55. The average Bonchev–Trinajstić information content (AvgIpc) is 2.64. The molecule has 0 aliphatic rings. The van der Waals surface area contributed by atoms with Gasteiger partial charge in [-0.2, -0.15) is 0 Å². The van der Waals surface area contributed by atoms with Gasteiger partial charge in [-0.05, 0) is 30.7 Å². The first kappa shape index (κ1) is 18.8. The molecule has 8 heteroatoms. The number of nitrogens with two attached hydrogens (primary N) is 1. The number of carbonyl (C=O) groups excluding carboxylic acids is 3. The maximum atomic E-state index is 11.7. The summed E-state index contributed by atoms with van der Waals surface area (Å²) in [5.41, 5.74) is 10.7. The standard InChI is InChI=1S/C18H19N3O5/c1-12-6-2-4-8-14(12)25-10-16(22)20-21-17(23)11-26-15-9-5-3-7-13(15)18(19)24/h2-9H,10-11H2,1H3,(H2,19,24)(H,20,22)(H,21,23). The van der Waals surface area contributed by atoms with Crippen LogP contribution in [0.2, 0.25) is 0 Å². The second kappa shape index (κ2) is 9.07. The van der Waals surface area contributed by atoms with Gasteiger partial charge >= 0.3 is 0 Å². The Morgan fingerprint density at radius 2 is 1.35 bits per heavy atom. The normalized spacial score (nSPS) is 9.88. The lowest BCUT2D eigenvalue weighted by Gasteiger charge is -2.11. The lowest BCUT2D eigenvalue weighted by Crippen LogP contribution is -2.45. The van der Waals surface area contributed by atoms with Crippen LogP contribution in [0.4, 0.5) is 0 Å². The van der Waals surface area contributed by atoms with E-state index >= 15 is 0 Å². The number of carbonyl (C=O) groups is 3. The van der Waals surface area contributed by atoms with Crippen LogP contribution in [0.3, 0.4) is 0 Å². The van der Waals surface area contributed by atoms with Gasteiger partial charge in [0.1, 0.15) is 11.5 Å². The number of primary amides is 1. The fraction of sp³-hybridized carbons (Fsp3) is 0.167. The maximum Gasteiger partial charge on any atom is 0.276 e. The van der Waals surface area contributed by atoms with Crippen LogP contribution < -0.4 is 26.1 Å². The van der Waals surface area contributed by atoms with Gasteiger partial charge < -0.3 is 15.2 Å². The van der Waals surface area contributed by atoms with Crippen molar-refractivity contribution in [3.63, 3.8) is 0 Å². The van der Waals surface area contributed by atoms with E-state index in [1.807, 2.05) is 19.1 Å². The van der Waals surface area contributed by atoms with Crippen LogP contribution in [0.15, 0.2) is 48.5 Å². The molecule has 0 heterocycles. The summed E-state index contributed by atoms with van der Waals surface area (Å²) in [6, 6.07) is 13.5. The van der Waals surface area contributed by atoms with Crippen molar-refractivity contribution >= 4 is 17.7 Å². The summed E-state index contributed by atoms with van der Waals surface area (Å²) in [7, 11) is 0. The molecule has 0 saturated heterocycles. The van der Waals surface area contributed by atoms with Crippen LogP contribution in [-0.4, -0.2) is 30.9 Å². The van der Waals surface area contributed by atoms with E-state index in [1.54, 1.807) is 24.3 Å². The predicted octanol–water partition coefficient (Wildman–Crippen LogP) is 0.699. The number of amides is 3. The molecule has 0 bridgehead atoms. The van der Waals surface area contributed by atoms with Gasteiger partial charge in [0.2, 0.25) is 0 Å². The summed E-state index contributed by atoms with van der Waals surface area (Å²) >= 11 is 0. The Labute approximate surface area is 150 Å². The molecule has 3 amide bonds. The van der Waals surface area contributed by atoms with E-state index in [4.69, 9.17) is 15.2 Å². The monoisotopic (exact) mass is 357 g/mol. The van der Waals surface area contributed by atoms with E-state index in [0.717, 1.165) is 5.56 Å². The lowest BCUT2D eigenvalue weighted by molar-refractivity contribution is -0.131. The Balaban J connectivity index is 1.74. The van der Waals surface area contributed by atoms with Gasteiger partial charge in [-0.15, -0.1) is 0 Å². The Morgan fingerprint density at radius 1 is 0.846 bits per heavy atom. The van der Waals surface area contributed by atoms with Gasteiger partial charge in [0.25, 0.3) is 17.7 Å². The molecule has 4 N–H and O–H groups in total. The van der Waals surface area contributed by atoms with Crippen molar-refractivity contribution in [2.24, 2.45) is 5.73 Å². The van der Waals surface area contributed by atoms with E-state index in [0.29, 0.717) is 5.75 Å². The molecule has 8 nitrogen and oxygen atoms in total. The molecule has 2 aromatic rings. The zero-order chi connectivity index (χ0) is 18.9. The third-order valence-corrected chi connectivity index (χ3v) is 3.30. The number of nitrogens with one attached hydrogen (secondary N) is 2. The summed E-state index contributed by atoms with van der Waals surface area (Å²) in [6.07, 6.45) is 0. The topological polar surface area (TPSA) is 120 Å². The highest BCUT2D eigenvalue weighted by Gasteiger charge is 2.11. The van der Waals surface area contributed by atoms with Gasteiger partial charge in [0, 0.05) is 0 Å².